The lowest BCUT2D eigenvalue weighted by Crippen LogP contribution is -2.47. The molecule has 2 nitrogen and oxygen atoms in total. The van der Waals surface area contributed by atoms with Crippen molar-refractivity contribution >= 4 is 5.97 Å². The average Bonchev–Trinajstić information content (AvgIpc) is 2.81. The summed E-state index contributed by atoms with van der Waals surface area (Å²) in [5.74, 6) is -4.62. The van der Waals surface area contributed by atoms with Gasteiger partial charge >= 0.3 is 18.3 Å². The van der Waals surface area contributed by atoms with E-state index in [9.17, 15) is 31.1 Å². The monoisotopic (exact) mass is 316 g/mol. The molecule has 120 valence electrons. The zero-order chi connectivity index (χ0) is 16.1. The molecule has 2 aliphatic rings. The molecule has 3 atom stereocenters. The minimum absolute atomic E-state index is 0.0297. The molecule has 0 aromatic heterocycles. The molecule has 0 spiro atoms. The van der Waals surface area contributed by atoms with Crippen molar-refractivity contribution in [1.29, 1.82) is 0 Å². The van der Waals surface area contributed by atoms with Gasteiger partial charge in [0, 0.05) is 17.8 Å². The van der Waals surface area contributed by atoms with E-state index in [1.165, 1.54) is 13.0 Å². The van der Waals surface area contributed by atoms with Crippen molar-refractivity contribution in [2.45, 2.75) is 44.6 Å². The Morgan fingerprint density at radius 1 is 1.24 bits per heavy atom. The Morgan fingerprint density at radius 2 is 1.81 bits per heavy atom. The maximum Gasteiger partial charge on any atom is 0.401 e. The molecule has 0 aromatic rings. The molecule has 2 rings (SSSR count). The molecule has 0 aromatic carbocycles. The molecular formula is C13H14F6O2. The van der Waals surface area contributed by atoms with Crippen molar-refractivity contribution in [3.63, 3.8) is 0 Å². The molecule has 0 amide bonds. The molecule has 3 unspecified atom stereocenters. The molecule has 0 aliphatic heterocycles. The Morgan fingerprint density at radius 3 is 2.29 bits per heavy atom. The first-order chi connectivity index (χ1) is 9.49. The summed E-state index contributed by atoms with van der Waals surface area (Å²) in [6.07, 6.45) is -10.1. The van der Waals surface area contributed by atoms with Crippen LogP contribution in [0.3, 0.4) is 0 Å². The van der Waals surface area contributed by atoms with Crippen LogP contribution in [0.15, 0.2) is 12.2 Å². The number of esters is 1. The van der Waals surface area contributed by atoms with Gasteiger partial charge in [-0.3, -0.25) is 4.79 Å². The van der Waals surface area contributed by atoms with E-state index in [1.807, 2.05) is 0 Å². The third-order valence-electron chi connectivity index (χ3n) is 4.15. The molecule has 2 bridgehead atoms. The summed E-state index contributed by atoms with van der Waals surface area (Å²) in [5.41, 5.74) is -2.06. The molecule has 1 fully saturated rings. The Labute approximate surface area is 117 Å². The van der Waals surface area contributed by atoms with E-state index >= 15 is 0 Å². The summed E-state index contributed by atoms with van der Waals surface area (Å²) < 4.78 is 82.4. The number of ether oxygens (including phenoxy) is 1. The highest BCUT2D eigenvalue weighted by Gasteiger charge is 2.69. The molecule has 21 heavy (non-hydrogen) atoms. The Balaban J connectivity index is 2.27. The lowest BCUT2D eigenvalue weighted by molar-refractivity contribution is -0.309. The lowest BCUT2D eigenvalue weighted by atomic mass is 9.73. The fraction of sp³-hybridized carbons (Fsp3) is 0.769. The highest BCUT2D eigenvalue weighted by molar-refractivity contribution is 5.69. The number of rotatable bonds is 3. The van der Waals surface area contributed by atoms with Crippen LogP contribution in [0.1, 0.15) is 26.2 Å². The summed E-state index contributed by atoms with van der Waals surface area (Å²) in [6.45, 7) is 1.51. The predicted molar refractivity (Wildman–Crippen MR) is 60.1 cm³/mol. The Bertz CT molecular complexity index is 439. The first-order valence-corrected chi connectivity index (χ1v) is 6.52. The van der Waals surface area contributed by atoms with Crippen LogP contribution in [0, 0.1) is 17.3 Å². The third kappa shape index (κ3) is 2.89. The van der Waals surface area contributed by atoms with Crippen LogP contribution >= 0.6 is 0 Å². The second kappa shape index (κ2) is 4.91. The molecule has 0 heterocycles. The smallest absolute Gasteiger partial charge is 0.401 e. The van der Waals surface area contributed by atoms with E-state index < -0.39 is 48.1 Å². The maximum atomic E-state index is 12.9. The van der Waals surface area contributed by atoms with Crippen LogP contribution in [0.25, 0.3) is 0 Å². The lowest BCUT2D eigenvalue weighted by Gasteiger charge is -2.37. The fourth-order valence-electron chi connectivity index (χ4n) is 3.37. The van der Waals surface area contributed by atoms with E-state index in [0.717, 1.165) is 6.08 Å². The number of carbonyl (C=O) groups is 1. The molecular weight excluding hydrogens is 302 g/mol. The van der Waals surface area contributed by atoms with E-state index in [0.29, 0.717) is 0 Å². The van der Waals surface area contributed by atoms with Crippen LogP contribution in [0.2, 0.25) is 0 Å². The van der Waals surface area contributed by atoms with Crippen molar-refractivity contribution in [2.24, 2.45) is 17.3 Å². The van der Waals surface area contributed by atoms with Crippen molar-refractivity contribution in [3.05, 3.63) is 12.2 Å². The summed E-state index contributed by atoms with van der Waals surface area (Å²) in [6, 6.07) is 0. The minimum atomic E-state index is -5.39. The van der Waals surface area contributed by atoms with Crippen LogP contribution in [0.5, 0.6) is 0 Å². The molecule has 0 N–H and O–H groups in total. The number of halogens is 6. The topological polar surface area (TPSA) is 26.3 Å². The molecule has 1 saturated carbocycles. The molecule has 2 aliphatic carbocycles. The molecule has 8 heteroatoms. The van der Waals surface area contributed by atoms with Gasteiger partial charge in [0.05, 0.1) is 0 Å². The predicted octanol–water partition coefficient (Wildman–Crippen LogP) is 4.02. The second-order valence-corrected chi connectivity index (χ2v) is 5.56. The Kier molecular flexibility index (Phi) is 3.78. The van der Waals surface area contributed by atoms with Crippen LogP contribution in [0.4, 0.5) is 26.3 Å². The van der Waals surface area contributed by atoms with Gasteiger partial charge in [0.2, 0.25) is 0 Å². The quantitative estimate of drug-likeness (QED) is 0.447. The standard InChI is InChI=1S/C13H14F6O2/c1-2-9(20)21-8-6-11(4-3-7(8)5-11)10(12(14,15)16)13(17,18)19/h3-4,7-8,10H,2,5-6H2,1H3. The Hall–Kier alpha value is -1.21. The zero-order valence-electron chi connectivity index (χ0n) is 11.1. The summed E-state index contributed by atoms with van der Waals surface area (Å²) in [7, 11) is 0. The number of alkyl halides is 6. The summed E-state index contributed by atoms with van der Waals surface area (Å²) in [5, 5.41) is 0. The van der Waals surface area contributed by atoms with E-state index in [4.69, 9.17) is 4.74 Å². The van der Waals surface area contributed by atoms with Gasteiger partial charge < -0.3 is 4.74 Å². The normalized spacial score (nSPS) is 32.0. The van der Waals surface area contributed by atoms with Gasteiger partial charge in [-0.15, -0.1) is 0 Å². The largest absolute Gasteiger partial charge is 0.462 e. The van der Waals surface area contributed by atoms with Gasteiger partial charge in [-0.2, -0.15) is 26.3 Å². The third-order valence-corrected chi connectivity index (χ3v) is 4.15. The second-order valence-electron chi connectivity index (χ2n) is 5.56. The first kappa shape index (κ1) is 16.2. The maximum absolute atomic E-state index is 12.9. The van der Waals surface area contributed by atoms with E-state index in [-0.39, 0.29) is 12.8 Å². The zero-order valence-corrected chi connectivity index (χ0v) is 11.1. The van der Waals surface area contributed by atoms with Gasteiger partial charge in [0.1, 0.15) is 6.10 Å². The first-order valence-electron chi connectivity index (χ1n) is 6.52. The highest BCUT2D eigenvalue weighted by atomic mass is 19.4. The number of allylic oxidation sites excluding steroid dienone is 1. The number of carbonyl (C=O) groups excluding carboxylic acids is 1. The van der Waals surface area contributed by atoms with Crippen LogP contribution in [-0.4, -0.2) is 24.4 Å². The highest BCUT2D eigenvalue weighted by Crippen LogP contribution is 2.62. The fourth-order valence-corrected chi connectivity index (χ4v) is 3.37. The van der Waals surface area contributed by atoms with Crippen molar-refractivity contribution < 1.29 is 35.9 Å². The van der Waals surface area contributed by atoms with Crippen molar-refractivity contribution in [1.82, 2.24) is 0 Å². The van der Waals surface area contributed by atoms with Gasteiger partial charge in [-0.1, -0.05) is 19.1 Å². The van der Waals surface area contributed by atoms with Gasteiger partial charge in [-0.25, -0.2) is 0 Å². The van der Waals surface area contributed by atoms with E-state index in [2.05, 4.69) is 0 Å². The average molecular weight is 316 g/mol. The van der Waals surface area contributed by atoms with Crippen LogP contribution < -0.4 is 0 Å². The van der Waals surface area contributed by atoms with Gasteiger partial charge in [-0.05, 0) is 12.8 Å². The van der Waals surface area contributed by atoms with E-state index in [1.54, 1.807) is 0 Å². The van der Waals surface area contributed by atoms with Crippen molar-refractivity contribution in [3.8, 4) is 0 Å². The van der Waals surface area contributed by atoms with Crippen LogP contribution in [-0.2, 0) is 9.53 Å². The van der Waals surface area contributed by atoms with Crippen molar-refractivity contribution in [2.75, 3.05) is 0 Å². The SMILES string of the molecule is CCC(=O)OC1CC2(C(C(F)(F)F)C(F)(F)F)C=CC1C2. The molecule has 0 saturated heterocycles. The number of fused-ring (bicyclic) bond motifs is 2. The molecule has 0 radical (unpaired) electrons. The van der Waals surface area contributed by atoms with Gasteiger partial charge in [0.15, 0.2) is 5.92 Å². The summed E-state index contributed by atoms with van der Waals surface area (Å²) >= 11 is 0. The van der Waals surface area contributed by atoms with Gasteiger partial charge in [0.25, 0.3) is 0 Å². The minimum Gasteiger partial charge on any atom is -0.462 e. The summed E-state index contributed by atoms with van der Waals surface area (Å²) in [4.78, 5) is 11.2. The number of hydrogen-bond acceptors (Lipinski definition) is 2. The number of hydrogen-bond donors (Lipinski definition) is 0.